The lowest BCUT2D eigenvalue weighted by Crippen LogP contribution is -2.52. The van der Waals surface area contributed by atoms with Crippen molar-refractivity contribution >= 4 is 41.7 Å². The van der Waals surface area contributed by atoms with Gasteiger partial charge in [0, 0.05) is 52.4 Å². The minimum atomic E-state index is -1.35. The Kier molecular flexibility index (Phi) is 15.8. The number of amides is 2. The zero-order chi connectivity index (χ0) is 30.9. The maximum absolute atomic E-state index is 12.5. The molecule has 232 valence electrons. The van der Waals surface area contributed by atoms with Crippen molar-refractivity contribution < 1.29 is 59.1 Å². The molecule has 1 fully saturated rings. The van der Waals surface area contributed by atoms with Crippen molar-refractivity contribution in [1.29, 1.82) is 0 Å². The molecule has 0 aliphatic carbocycles. The Bertz CT molecular complexity index is 902. The number of carboxylic acid groups (broad SMARTS) is 5. The second-order valence-corrected chi connectivity index (χ2v) is 9.31. The van der Waals surface area contributed by atoms with E-state index >= 15 is 0 Å². The number of aliphatic carboxylic acids is 5. The van der Waals surface area contributed by atoms with Crippen molar-refractivity contribution in [2.75, 3.05) is 98.2 Å². The summed E-state index contributed by atoms with van der Waals surface area (Å²) in [4.78, 5) is 87.6. The van der Waals surface area contributed by atoms with Crippen LogP contribution in [-0.2, 0) is 33.6 Å². The van der Waals surface area contributed by atoms with Gasteiger partial charge in [-0.2, -0.15) is 0 Å². The smallest absolute Gasteiger partial charge is 0.317 e. The van der Waals surface area contributed by atoms with Crippen LogP contribution >= 0.6 is 0 Å². The summed E-state index contributed by atoms with van der Waals surface area (Å²) in [6.07, 6.45) is 0. The van der Waals surface area contributed by atoms with E-state index in [-0.39, 0.29) is 78.5 Å². The lowest BCUT2D eigenvalue weighted by atomic mass is 10.3. The highest BCUT2D eigenvalue weighted by atomic mass is 16.4. The molecule has 0 atom stereocenters. The van der Waals surface area contributed by atoms with Crippen LogP contribution in [0.2, 0.25) is 0 Å². The molecule has 41 heavy (non-hydrogen) atoms. The van der Waals surface area contributed by atoms with Crippen LogP contribution in [0.5, 0.6) is 0 Å². The van der Waals surface area contributed by atoms with Gasteiger partial charge in [0.05, 0.1) is 45.8 Å². The van der Waals surface area contributed by atoms with Crippen LogP contribution < -0.4 is 10.9 Å². The van der Waals surface area contributed by atoms with Crippen molar-refractivity contribution in [3.05, 3.63) is 0 Å². The van der Waals surface area contributed by atoms with Gasteiger partial charge in [-0.25, -0.2) is 0 Å². The highest BCUT2D eigenvalue weighted by Gasteiger charge is 2.22. The standard InChI is InChI=1S/C22H37N7O12/c30-16(23-24-17(31)10-29(14-21(38)39)15-22(40)41)9-25-1-3-26(11-18(32)33)5-7-28(13-20(36)37)8-6-27(4-2-25)12-19(34)35/h1-15H2,(H,23,30)(H,24,31)(H,32,33)(H,34,35)(H,36,37)(H,38,39)(H,40,41). The quantitative estimate of drug-likeness (QED) is 0.0933. The maximum atomic E-state index is 12.5. The zero-order valence-corrected chi connectivity index (χ0v) is 22.4. The van der Waals surface area contributed by atoms with E-state index in [4.69, 9.17) is 10.2 Å². The Balaban J connectivity index is 2.87. The molecule has 7 N–H and O–H groups in total. The first kappa shape index (κ1) is 35.1. The first-order chi connectivity index (χ1) is 19.2. The average Bonchev–Trinajstić information content (AvgIpc) is 2.82. The Hall–Kier alpha value is -3.91. The molecule has 0 saturated carbocycles. The van der Waals surface area contributed by atoms with Crippen LogP contribution in [0.3, 0.4) is 0 Å². The zero-order valence-electron chi connectivity index (χ0n) is 22.4. The van der Waals surface area contributed by atoms with Gasteiger partial charge in [-0.1, -0.05) is 0 Å². The minimum absolute atomic E-state index is 0.180. The lowest BCUT2D eigenvalue weighted by molar-refractivity contribution is -0.143. The molecule has 0 unspecified atom stereocenters. The van der Waals surface area contributed by atoms with Gasteiger partial charge in [-0.05, 0) is 0 Å². The molecule has 1 saturated heterocycles. The maximum Gasteiger partial charge on any atom is 0.317 e. The molecular formula is C22H37N7O12. The fourth-order valence-corrected chi connectivity index (χ4v) is 3.96. The van der Waals surface area contributed by atoms with Crippen LogP contribution in [0.25, 0.3) is 0 Å². The molecule has 2 amide bonds. The summed E-state index contributed by atoms with van der Waals surface area (Å²) in [6.45, 7) is -1.70. The summed E-state index contributed by atoms with van der Waals surface area (Å²) in [5, 5.41) is 45.5. The highest BCUT2D eigenvalue weighted by Crippen LogP contribution is 2.01. The number of hydrogen-bond donors (Lipinski definition) is 7. The third kappa shape index (κ3) is 17.4. The molecule has 0 aromatic heterocycles. The first-order valence-corrected chi connectivity index (χ1v) is 12.5. The van der Waals surface area contributed by atoms with Crippen LogP contribution in [0, 0.1) is 0 Å². The Morgan fingerprint density at radius 3 is 1.02 bits per heavy atom. The van der Waals surface area contributed by atoms with E-state index in [1.165, 1.54) is 0 Å². The fraction of sp³-hybridized carbons (Fsp3) is 0.682. The molecule has 19 heteroatoms. The minimum Gasteiger partial charge on any atom is -0.480 e. The van der Waals surface area contributed by atoms with Gasteiger partial charge in [-0.15, -0.1) is 0 Å². The third-order valence-electron chi connectivity index (χ3n) is 5.80. The van der Waals surface area contributed by atoms with Gasteiger partial charge in [0.2, 0.25) is 0 Å². The van der Waals surface area contributed by atoms with Crippen LogP contribution in [0.1, 0.15) is 0 Å². The van der Waals surface area contributed by atoms with Crippen LogP contribution in [-0.4, -0.2) is 190 Å². The van der Waals surface area contributed by atoms with E-state index in [1.807, 2.05) is 0 Å². The normalized spacial score (nSPS) is 16.7. The van der Waals surface area contributed by atoms with E-state index in [2.05, 4.69) is 10.9 Å². The van der Waals surface area contributed by atoms with Gasteiger partial charge in [-0.3, -0.25) is 68.9 Å². The summed E-state index contributed by atoms with van der Waals surface area (Å²) in [5.74, 6) is -7.50. The van der Waals surface area contributed by atoms with Crippen molar-refractivity contribution in [3.8, 4) is 0 Å². The number of carbonyl (C=O) groups is 7. The molecule has 0 spiro atoms. The average molecular weight is 592 g/mol. The van der Waals surface area contributed by atoms with E-state index in [1.54, 1.807) is 19.6 Å². The fourth-order valence-electron chi connectivity index (χ4n) is 3.96. The SMILES string of the molecule is O=C(O)CN1CCN(CC(=O)O)CCN(CC(=O)NNC(=O)CN(CC(=O)O)CC(=O)O)CCN(CC(=O)O)CC1. The highest BCUT2D eigenvalue weighted by molar-refractivity contribution is 5.84. The van der Waals surface area contributed by atoms with E-state index in [9.17, 15) is 48.9 Å². The van der Waals surface area contributed by atoms with E-state index in [0.717, 1.165) is 4.90 Å². The third-order valence-corrected chi connectivity index (χ3v) is 5.80. The molecule has 0 bridgehead atoms. The molecule has 19 nitrogen and oxygen atoms in total. The predicted octanol–water partition coefficient (Wildman–Crippen LogP) is -4.92. The Morgan fingerprint density at radius 2 is 0.732 bits per heavy atom. The number of hydrogen-bond acceptors (Lipinski definition) is 12. The molecule has 1 heterocycles. The number of rotatable bonds is 14. The largest absolute Gasteiger partial charge is 0.480 e. The monoisotopic (exact) mass is 591 g/mol. The number of carbonyl (C=O) groups excluding carboxylic acids is 2. The summed E-state index contributed by atoms with van der Waals surface area (Å²) >= 11 is 0. The molecular weight excluding hydrogens is 554 g/mol. The van der Waals surface area contributed by atoms with E-state index < -0.39 is 61.3 Å². The molecule has 1 aliphatic heterocycles. The summed E-state index contributed by atoms with van der Waals surface area (Å²) in [7, 11) is 0. The summed E-state index contributed by atoms with van der Waals surface area (Å²) in [5.41, 5.74) is 4.24. The number of nitrogens with one attached hydrogen (secondary N) is 2. The summed E-state index contributed by atoms with van der Waals surface area (Å²) in [6, 6.07) is 0. The van der Waals surface area contributed by atoms with Crippen LogP contribution in [0.15, 0.2) is 0 Å². The second kappa shape index (κ2) is 18.4. The topological polar surface area (TPSA) is 261 Å². The lowest BCUT2D eigenvalue weighted by Gasteiger charge is -2.32. The number of hydrazine groups is 1. The van der Waals surface area contributed by atoms with Crippen molar-refractivity contribution in [2.45, 2.75) is 0 Å². The van der Waals surface area contributed by atoms with Crippen molar-refractivity contribution in [2.24, 2.45) is 0 Å². The van der Waals surface area contributed by atoms with Gasteiger partial charge in [0.15, 0.2) is 0 Å². The van der Waals surface area contributed by atoms with Gasteiger partial charge < -0.3 is 25.5 Å². The molecule has 0 radical (unpaired) electrons. The Morgan fingerprint density at radius 1 is 0.439 bits per heavy atom. The Labute approximate surface area is 234 Å². The first-order valence-electron chi connectivity index (χ1n) is 12.5. The van der Waals surface area contributed by atoms with E-state index in [0.29, 0.717) is 0 Å². The molecule has 0 aromatic rings. The summed E-state index contributed by atoms with van der Waals surface area (Å²) < 4.78 is 0. The molecule has 0 aromatic carbocycles. The molecule has 1 rings (SSSR count). The van der Waals surface area contributed by atoms with Gasteiger partial charge in [0.25, 0.3) is 11.8 Å². The molecule has 1 aliphatic rings. The number of nitrogens with zero attached hydrogens (tertiary/aromatic N) is 5. The number of carboxylic acids is 5. The van der Waals surface area contributed by atoms with Gasteiger partial charge >= 0.3 is 29.8 Å². The predicted molar refractivity (Wildman–Crippen MR) is 137 cm³/mol. The van der Waals surface area contributed by atoms with Crippen molar-refractivity contribution in [1.82, 2.24) is 35.4 Å². The van der Waals surface area contributed by atoms with Crippen molar-refractivity contribution in [3.63, 3.8) is 0 Å². The van der Waals surface area contributed by atoms with Gasteiger partial charge in [0.1, 0.15) is 0 Å². The second-order valence-electron chi connectivity index (χ2n) is 9.31. The van der Waals surface area contributed by atoms with Crippen LogP contribution in [0.4, 0.5) is 0 Å².